The van der Waals surface area contributed by atoms with Gasteiger partial charge in [-0.05, 0) is 63.5 Å². The molecule has 0 atom stereocenters. The van der Waals surface area contributed by atoms with Crippen molar-refractivity contribution in [3.63, 3.8) is 0 Å². The summed E-state index contributed by atoms with van der Waals surface area (Å²) in [4.78, 5) is 11.0. The Kier molecular flexibility index (Phi) is 6.81. The predicted octanol–water partition coefficient (Wildman–Crippen LogP) is 12.5. The average molecular weight is 650 g/mol. The second-order valence-electron chi connectivity index (χ2n) is 13.0. The number of aromatic nitrogens is 3. The summed E-state index contributed by atoms with van der Waals surface area (Å²) in [5.41, 5.74) is 10.3. The quantitative estimate of drug-likeness (QED) is 0.186. The van der Waals surface area contributed by atoms with Crippen molar-refractivity contribution >= 4 is 43.4 Å². The molecule has 0 aliphatic carbocycles. The molecule has 10 rings (SSSR count). The van der Waals surface area contributed by atoms with Gasteiger partial charge in [0.1, 0.15) is 0 Å². The summed E-state index contributed by atoms with van der Waals surface area (Å²) < 4.78 is 2.41. The molecule has 10 aromatic rings. The number of benzene rings is 8. The number of fused-ring (bicyclic) bond motifs is 5. The largest absolute Gasteiger partial charge is 0.308 e. The van der Waals surface area contributed by atoms with E-state index in [9.17, 15) is 0 Å². The van der Waals surface area contributed by atoms with Gasteiger partial charge in [-0.3, -0.25) is 0 Å². The zero-order chi connectivity index (χ0) is 33.7. The van der Waals surface area contributed by atoms with E-state index in [1.807, 2.05) is 0 Å². The Hall–Kier alpha value is -6.84. The maximum atomic E-state index is 5.48. The summed E-state index contributed by atoms with van der Waals surface area (Å²) >= 11 is 0. The van der Waals surface area contributed by atoms with Gasteiger partial charge in [0.15, 0.2) is 5.82 Å². The lowest BCUT2D eigenvalue weighted by molar-refractivity contribution is 1.14. The molecule has 0 bridgehead atoms. The molecule has 0 saturated carbocycles. The molecule has 0 aliphatic heterocycles. The van der Waals surface area contributed by atoms with E-state index in [1.165, 1.54) is 32.3 Å². The second kappa shape index (κ2) is 11.9. The Morgan fingerprint density at radius 2 is 0.745 bits per heavy atom. The van der Waals surface area contributed by atoms with Gasteiger partial charge in [0.2, 0.25) is 0 Å². The highest BCUT2D eigenvalue weighted by Crippen LogP contribution is 2.42. The first-order chi connectivity index (χ1) is 25.3. The summed E-state index contributed by atoms with van der Waals surface area (Å²) in [6, 6.07) is 66.7. The number of rotatable bonds is 5. The van der Waals surface area contributed by atoms with Crippen molar-refractivity contribution in [3.8, 4) is 50.7 Å². The van der Waals surface area contributed by atoms with E-state index < -0.39 is 0 Å². The monoisotopic (exact) mass is 649 g/mol. The normalized spacial score (nSPS) is 11.5. The number of hydrogen-bond donors (Lipinski definition) is 0. The van der Waals surface area contributed by atoms with E-state index in [0.717, 1.165) is 55.9 Å². The minimum absolute atomic E-state index is 0.680. The third kappa shape index (κ3) is 4.90. The minimum Gasteiger partial charge on any atom is -0.308 e. The Balaban J connectivity index is 1.32. The molecule has 0 spiro atoms. The maximum Gasteiger partial charge on any atom is 0.162 e. The van der Waals surface area contributed by atoms with Crippen LogP contribution in [0, 0.1) is 0 Å². The lowest BCUT2D eigenvalue weighted by Gasteiger charge is -2.19. The fourth-order valence-corrected chi connectivity index (χ4v) is 7.57. The molecule has 51 heavy (non-hydrogen) atoms. The van der Waals surface area contributed by atoms with E-state index in [4.69, 9.17) is 9.97 Å². The number of hydrogen-bond acceptors (Lipinski definition) is 2. The van der Waals surface area contributed by atoms with Crippen LogP contribution in [-0.2, 0) is 0 Å². The minimum atomic E-state index is 0.680. The van der Waals surface area contributed by atoms with Crippen molar-refractivity contribution in [1.29, 1.82) is 0 Å². The molecule has 0 N–H and O–H groups in total. The lowest BCUT2D eigenvalue weighted by Crippen LogP contribution is -2.04. The summed E-state index contributed by atoms with van der Waals surface area (Å²) in [6.45, 7) is 0. The first-order valence-electron chi connectivity index (χ1n) is 17.3. The molecule has 8 aromatic carbocycles. The van der Waals surface area contributed by atoms with Gasteiger partial charge in [-0.1, -0.05) is 152 Å². The van der Waals surface area contributed by atoms with Crippen LogP contribution in [0.1, 0.15) is 0 Å². The molecular weight excluding hydrogens is 619 g/mol. The standard InChI is InChI=1S/C48H31N3/c1-4-16-32(17-5-1)45-46(33-18-6-2-7-19-33)49-48(50-47(45)34-20-8-3-9-21-34)39-26-14-15-27-42(39)51-43-30-37-24-12-10-22-35(37)28-40(43)41-29-36-23-11-13-25-38(36)31-44(41)51/h1-31H. The summed E-state index contributed by atoms with van der Waals surface area (Å²) in [7, 11) is 0. The second-order valence-corrected chi connectivity index (χ2v) is 13.0. The third-order valence-electron chi connectivity index (χ3n) is 9.95. The Morgan fingerprint density at radius 3 is 1.24 bits per heavy atom. The highest BCUT2D eigenvalue weighted by atomic mass is 15.0. The molecule has 238 valence electrons. The first kappa shape index (κ1) is 29.1. The molecular formula is C48H31N3. The van der Waals surface area contributed by atoms with E-state index in [1.54, 1.807) is 0 Å². The van der Waals surface area contributed by atoms with Crippen molar-refractivity contribution in [2.24, 2.45) is 0 Å². The van der Waals surface area contributed by atoms with Gasteiger partial charge in [-0.25, -0.2) is 9.97 Å². The van der Waals surface area contributed by atoms with Crippen LogP contribution in [0.2, 0.25) is 0 Å². The van der Waals surface area contributed by atoms with Crippen LogP contribution in [0.4, 0.5) is 0 Å². The Labute approximate surface area is 295 Å². The molecule has 3 heteroatoms. The smallest absolute Gasteiger partial charge is 0.162 e. The van der Waals surface area contributed by atoms with Gasteiger partial charge in [0.25, 0.3) is 0 Å². The van der Waals surface area contributed by atoms with Crippen molar-refractivity contribution in [2.45, 2.75) is 0 Å². The van der Waals surface area contributed by atoms with E-state index >= 15 is 0 Å². The van der Waals surface area contributed by atoms with Gasteiger partial charge in [-0.2, -0.15) is 0 Å². The van der Waals surface area contributed by atoms with Crippen LogP contribution in [0.15, 0.2) is 188 Å². The number of para-hydroxylation sites is 1. The molecule has 0 amide bonds. The molecule has 0 radical (unpaired) electrons. The molecule has 0 fully saturated rings. The summed E-state index contributed by atoms with van der Waals surface area (Å²) in [6.07, 6.45) is 0. The van der Waals surface area contributed by atoms with Crippen LogP contribution < -0.4 is 0 Å². The van der Waals surface area contributed by atoms with Crippen LogP contribution in [-0.4, -0.2) is 14.5 Å². The predicted molar refractivity (Wildman–Crippen MR) is 213 cm³/mol. The fraction of sp³-hybridized carbons (Fsp3) is 0. The van der Waals surface area contributed by atoms with Gasteiger partial charge < -0.3 is 4.57 Å². The van der Waals surface area contributed by atoms with Crippen LogP contribution in [0.5, 0.6) is 0 Å². The lowest BCUT2D eigenvalue weighted by atomic mass is 9.94. The van der Waals surface area contributed by atoms with Crippen molar-refractivity contribution < 1.29 is 0 Å². The zero-order valence-electron chi connectivity index (χ0n) is 27.7. The highest BCUT2D eigenvalue weighted by Gasteiger charge is 2.23. The molecule has 2 aromatic heterocycles. The third-order valence-corrected chi connectivity index (χ3v) is 9.95. The zero-order valence-corrected chi connectivity index (χ0v) is 27.7. The molecule has 0 aliphatic rings. The Morgan fingerprint density at radius 1 is 0.353 bits per heavy atom. The highest BCUT2D eigenvalue weighted by molar-refractivity contribution is 6.17. The summed E-state index contributed by atoms with van der Waals surface area (Å²) in [5, 5.41) is 7.31. The molecule has 0 saturated heterocycles. The van der Waals surface area contributed by atoms with Crippen LogP contribution >= 0.6 is 0 Å². The maximum absolute atomic E-state index is 5.48. The van der Waals surface area contributed by atoms with Gasteiger partial charge >= 0.3 is 0 Å². The summed E-state index contributed by atoms with van der Waals surface area (Å²) in [5.74, 6) is 0.680. The number of nitrogens with zero attached hydrogens (tertiary/aromatic N) is 3. The average Bonchev–Trinajstić information content (AvgIpc) is 3.51. The molecule has 2 heterocycles. The topological polar surface area (TPSA) is 30.7 Å². The van der Waals surface area contributed by atoms with Crippen LogP contribution in [0.25, 0.3) is 94.1 Å². The van der Waals surface area contributed by atoms with Gasteiger partial charge in [0.05, 0.1) is 28.1 Å². The van der Waals surface area contributed by atoms with E-state index in [0.29, 0.717) is 5.82 Å². The van der Waals surface area contributed by atoms with E-state index in [2.05, 4.69) is 193 Å². The van der Waals surface area contributed by atoms with Crippen molar-refractivity contribution in [3.05, 3.63) is 188 Å². The van der Waals surface area contributed by atoms with Crippen molar-refractivity contribution in [1.82, 2.24) is 14.5 Å². The van der Waals surface area contributed by atoms with Gasteiger partial charge in [-0.15, -0.1) is 0 Å². The van der Waals surface area contributed by atoms with Gasteiger partial charge in [0, 0.05) is 33.0 Å². The first-order valence-corrected chi connectivity index (χ1v) is 17.3. The fourth-order valence-electron chi connectivity index (χ4n) is 7.57. The van der Waals surface area contributed by atoms with Crippen LogP contribution in [0.3, 0.4) is 0 Å². The Bertz CT molecular complexity index is 2740. The van der Waals surface area contributed by atoms with Crippen molar-refractivity contribution in [2.75, 3.05) is 0 Å². The molecule has 0 unspecified atom stereocenters. The molecule has 3 nitrogen and oxygen atoms in total. The SMILES string of the molecule is c1ccc(-c2nc(-c3ccccc3-n3c4cc5ccccc5cc4c4cc5ccccc5cc43)nc(-c3ccccc3)c2-c2ccccc2)cc1. The van der Waals surface area contributed by atoms with E-state index in [-0.39, 0.29) is 0 Å².